The summed E-state index contributed by atoms with van der Waals surface area (Å²) in [5, 5.41) is 2.68. The molecular formula is C12H17N5O2. The van der Waals surface area contributed by atoms with Gasteiger partial charge in [0.05, 0.1) is 6.54 Å². The number of hydrazine groups is 1. The minimum absolute atomic E-state index is 0.165. The van der Waals surface area contributed by atoms with Crippen LogP contribution < -0.4 is 16.6 Å². The Bertz CT molecular complexity index is 491. The summed E-state index contributed by atoms with van der Waals surface area (Å²) < 4.78 is 0. The summed E-state index contributed by atoms with van der Waals surface area (Å²) in [7, 11) is 0. The van der Waals surface area contributed by atoms with Crippen molar-refractivity contribution in [3.63, 3.8) is 0 Å². The first-order valence-corrected chi connectivity index (χ1v) is 6.19. The predicted octanol–water partition coefficient (Wildman–Crippen LogP) is 0.588. The molecule has 1 fully saturated rings. The maximum absolute atomic E-state index is 12.1. The quantitative estimate of drug-likeness (QED) is 0.410. The van der Waals surface area contributed by atoms with Gasteiger partial charge in [0.25, 0.3) is 5.91 Å². The van der Waals surface area contributed by atoms with Crippen molar-refractivity contribution < 1.29 is 9.59 Å². The number of nitrogens with one attached hydrogen (secondary N) is 2. The molecule has 1 aromatic heterocycles. The number of nitrogens with two attached hydrogens (primary N) is 1. The molecular weight excluding hydrogens is 246 g/mol. The van der Waals surface area contributed by atoms with Crippen molar-refractivity contribution in [1.82, 2.24) is 15.2 Å². The minimum Gasteiger partial charge on any atom is -0.326 e. The highest BCUT2D eigenvalue weighted by Crippen LogP contribution is 2.18. The number of aromatic nitrogens is 1. The number of hydrogen-bond acceptors (Lipinski definition) is 5. The number of hydrogen-bond donors (Lipinski definition) is 3. The van der Waals surface area contributed by atoms with Gasteiger partial charge in [0.2, 0.25) is 0 Å². The molecule has 1 atom stereocenters. The van der Waals surface area contributed by atoms with Gasteiger partial charge < -0.3 is 10.7 Å². The Morgan fingerprint density at radius 2 is 2.32 bits per heavy atom. The third-order valence-corrected chi connectivity index (χ3v) is 3.04. The van der Waals surface area contributed by atoms with Crippen molar-refractivity contribution in [1.29, 1.82) is 0 Å². The standard InChI is InChI=1S/C12H17N5O2/c1-2-4-9-11(18)17(12(19)15-9)7-8-5-3-6-14-10(8)16-13/h3,5-6,9H,2,4,7,13H2,1H3,(H,14,16)(H,15,19). The van der Waals surface area contributed by atoms with E-state index >= 15 is 0 Å². The Morgan fingerprint density at radius 1 is 1.53 bits per heavy atom. The molecule has 0 spiro atoms. The Balaban J connectivity index is 2.14. The van der Waals surface area contributed by atoms with Crippen LogP contribution in [0.1, 0.15) is 25.3 Å². The number of carbonyl (C=O) groups excluding carboxylic acids is 2. The van der Waals surface area contributed by atoms with Gasteiger partial charge in [0.1, 0.15) is 11.9 Å². The van der Waals surface area contributed by atoms with Gasteiger partial charge in [0, 0.05) is 11.8 Å². The molecule has 0 saturated carbocycles. The molecule has 2 heterocycles. The predicted molar refractivity (Wildman–Crippen MR) is 69.8 cm³/mol. The van der Waals surface area contributed by atoms with Gasteiger partial charge in [-0.15, -0.1) is 0 Å². The van der Waals surface area contributed by atoms with Crippen LogP contribution in [0.15, 0.2) is 18.3 Å². The van der Waals surface area contributed by atoms with E-state index in [0.29, 0.717) is 17.8 Å². The van der Waals surface area contributed by atoms with Gasteiger partial charge in [-0.05, 0) is 12.5 Å². The fourth-order valence-corrected chi connectivity index (χ4v) is 2.08. The van der Waals surface area contributed by atoms with Crippen LogP contribution in [-0.2, 0) is 11.3 Å². The molecule has 19 heavy (non-hydrogen) atoms. The normalized spacial score (nSPS) is 18.6. The number of amides is 3. The SMILES string of the molecule is CCCC1NC(=O)N(Cc2cccnc2NN)C1=O. The zero-order valence-corrected chi connectivity index (χ0v) is 10.7. The van der Waals surface area contributed by atoms with E-state index in [1.807, 2.05) is 6.92 Å². The second-order valence-corrected chi connectivity index (χ2v) is 4.37. The summed E-state index contributed by atoms with van der Waals surface area (Å²) in [5.74, 6) is 5.62. The molecule has 102 valence electrons. The zero-order chi connectivity index (χ0) is 13.8. The van der Waals surface area contributed by atoms with E-state index in [4.69, 9.17) is 5.84 Å². The summed E-state index contributed by atoms with van der Waals surface area (Å²) in [6, 6.07) is 2.73. The van der Waals surface area contributed by atoms with E-state index in [2.05, 4.69) is 15.7 Å². The van der Waals surface area contributed by atoms with Crippen LogP contribution in [0.5, 0.6) is 0 Å². The van der Waals surface area contributed by atoms with Crippen molar-refractivity contribution in [3.8, 4) is 0 Å². The monoisotopic (exact) mass is 263 g/mol. The largest absolute Gasteiger partial charge is 0.326 e. The summed E-state index contributed by atoms with van der Waals surface area (Å²) in [4.78, 5) is 29.1. The van der Waals surface area contributed by atoms with Gasteiger partial charge in [-0.25, -0.2) is 15.6 Å². The Morgan fingerprint density at radius 3 is 3.00 bits per heavy atom. The summed E-state index contributed by atoms with van der Waals surface area (Å²) in [6.07, 6.45) is 3.08. The Labute approximate surface area is 111 Å². The molecule has 0 bridgehead atoms. The van der Waals surface area contributed by atoms with Gasteiger partial charge in [-0.1, -0.05) is 19.4 Å². The number of carbonyl (C=O) groups is 2. The molecule has 0 aromatic carbocycles. The Hall–Kier alpha value is -2.15. The number of anilines is 1. The van der Waals surface area contributed by atoms with E-state index in [-0.39, 0.29) is 18.5 Å². The van der Waals surface area contributed by atoms with E-state index in [9.17, 15) is 9.59 Å². The van der Waals surface area contributed by atoms with Gasteiger partial charge in [-0.3, -0.25) is 9.69 Å². The highest BCUT2D eigenvalue weighted by Gasteiger charge is 2.37. The lowest BCUT2D eigenvalue weighted by atomic mass is 10.1. The zero-order valence-electron chi connectivity index (χ0n) is 10.7. The van der Waals surface area contributed by atoms with Gasteiger partial charge in [0.15, 0.2) is 0 Å². The molecule has 1 saturated heterocycles. The lowest BCUT2D eigenvalue weighted by Gasteiger charge is -2.14. The average molecular weight is 263 g/mol. The average Bonchev–Trinajstić information content (AvgIpc) is 2.68. The first-order chi connectivity index (χ1) is 9.17. The molecule has 1 aliphatic heterocycles. The van der Waals surface area contributed by atoms with Crippen molar-refractivity contribution in [2.75, 3.05) is 5.43 Å². The van der Waals surface area contributed by atoms with Crippen LogP contribution in [-0.4, -0.2) is 27.9 Å². The van der Waals surface area contributed by atoms with Crippen LogP contribution in [0.2, 0.25) is 0 Å². The number of nitrogens with zero attached hydrogens (tertiary/aromatic N) is 2. The van der Waals surface area contributed by atoms with E-state index in [1.54, 1.807) is 18.3 Å². The second kappa shape index (κ2) is 5.66. The first-order valence-electron chi connectivity index (χ1n) is 6.19. The molecule has 1 aliphatic rings. The van der Waals surface area contributed by atoms with Crippen molar-refractivity contribution >= 4 is 17.8 Å². The molecule has 1 unspecified atom stereocenters. The maximum atomic E-state index is 12.1. The lowest BCUT2D eigenvalue weighted by molar-refractivity contribution is -0.128. The highest BCUT2D eigenvalue weighted by molar-refractivity contribution is 6.04. The van der Waals surface area contributed by atoms with Crippen molar-refractivity contribution in [3.05, 3.63) is 23.9 Å². The van der Waals surface area contributed by atoms with E-state index < -0.39 is 6.04 Å². The minimum atomic E-state index is -0.413. The molecule has 3 amide bonds. The third kappa shape index (κ3) is 2.65. The summed E-state index contributed by atoms with van der Waals surface area (Å²) >= 11 is 0. The number of urea groups is 1. The van der Waals surface area contributed by atoms with Crippen molar-refractivity contribution in [2.45, 2.75) is 32.4 Å². The van der Waals surface area contributed by atoms with E-state index in [1.165, 1.54) is 4.90 Å². The smallest absolute Gasteiger partial charge is 0.325 e. The van der Waals surface area contributed by atoms with Crippen LogP contribution in [0.3, 0.4) is 0 Å². The molecule has 1 aromatic rings. The molecule has 2 rings (SSSR count). The summed E-state index contributed by atoms with van der Waals surface area (Å²) in [6.45, 7) is 2.14. The second-order valence-electron chi connectivity index (χ2n) is 4.37. The number of pyridine rings is 1. The van der Waals surface area contributed by atoms with Crippen LogP contribution in [0.4, 0.5) is 10.6 Å². The van der Waals surface area contributed by atoms with Crippen molar-refractivity contribution in [2.24, 2.45) is 5.84 Å². The lowest BCUT2D eigenvalue weighted by Crippen LogP contribution is -2.31. The van der Waals surface area contributed by atoms with E-state index in [0.717, 1.165) is 6.42 Å². The van der Waals surface area contributed by atoms with Crippen LogP contribution >= 0.6 is 0 Å². The molecule has 7 nitrogen and oxygen atoms in total. The number of nitrogen functional groups attached to an aromatic ring is 1. The van der Waals surface area contributed by atoms with Gasteiger partial charge >= 0.3 is 6.03 Å². The highest BCUT2D eigenvalue weighted by atomic mass is 16.2. The van der Waals surface area contributed by atoms with Crippen LogP contribution in [0, 0.1) is 0 Å². The fraction of sp³-hybridized carbons (Fsp3) is 0.417. The fourth-order valence-electron chi connectivity index (χ4n) is 2.08. The molecule has 7 heteroatoms. The molecule has 4 N–H and O–H groups in total. The molecule has 0 aliphatic carbocycles. The third-order valence-electron chi connectivity index (χ3n) is 3.04. The first kappa shape index (κ1) is 13.3. The topological polar surface area (TPSA) is 100 Å². The van der Waals surface area contributed by atoms with Gasteiger partial charge in [-0.2, -0.15) is 0 Å². The van der Waals surface area contributed by atoms with Crippen LogP contribution in [0.25, 0.3) is 0 Å². The maximum Gasteiger partial charge on any atom is 0.325 e. The number of imide groups is 1. The molecule has 0 radical (unpaired) electrons. The number of rotatable bonds is 5. The Kier molecular flexibility index (Phi) is 3.96. The summed E-state index contributed by atoms with van der Waals surface area (Å²) in [5.41, 5.74) is 3.15.